The highest BCUT2D eigenvalue weighted by Crippen LogP contribution is 2.30. The van der Waals surface area contributed by atoms with Gasteiger partial charge in [-0.3, -0.25) is 19.7 Å². The van der Waals surface area contributed by atoms with E-state index in [0.717, 1.165) is 30.9 Å². The molecule has 11 nitrogen and oxygen atoms in total. The normalized spacial score (nSPS) is 15.2. The second-order valence-corrected chi connectivity index (χ2v) is 9.77. The quantitative estimate of drug-likeness (QED) is 0.306. The highest BCUT2D eigenvalue weighted by molar-refractivity contribution is 7.89. The van der Waals surface area contributed by atoms with Crippen LogP contribution in [0.1, 0.15) is 30.0 Å². The van der Waals surface area contributed by atoms with Gasteiger partial charge in [0, 0.05) is 20.2 Å². The molecule has 0 saturated carbocycles. The molecule has 182 valence electrons. The smallest absolute Gasteiger partial charge is 0.321 e. The summed E-state index contributed by atoms with van der Waals surface area (Å²) >= 11 is 0. The number of nitro benzene ring substituents is 1. The van der Waals surface area contributed by atoms with Gasteiger partial charge in [0.1, 0.15) is 12.2 Å². The summed E-state index contributed by atoms with van der Waals surface area (Å²) in [5, 5.41) is 14.1. The number of amides is 1. The Labute approximate surface area is 197 Å². The molecule has 0 unspecified atom stereocenters. The molecule has 12 heteroatoms. The zero-order valence-corrected chi connectivity index (χ0v) is 19.6. The van der Waals surface area contributed by atoms with E-state index in [1.54, 1.807) is 14.1 Å². The molecule has 2 aromatic carbocycles. The monoisotopic (exact) mass is 490 g/mol. The lowest BCUT2D eigenvalue weighted by molar-refractivity contribution is -0.384. The summed E-state index contributed by atoms with van der Waals surface area (Å²) in [6.07, 6.45) is 2.64. The van der Waals surface area contributed by atoms with Crippen molar-refractivity contribution in [3.63, 3.8) is 0 Å². The molecule has 0 radical (unpaired) electrons. The second kappa shape index (κ2) is 10.6. The molecule has 2 aromatic rings. The molecule has 0 aliphatic heterocycles. The number of rotatable bonds is 9. The third kappa shape index (κ3) is 6.08. The van der Waals surface area contributed by atoms with Crippen LogP contribution in [0.15, 0.2) is 47.4 Å². The van der Waals surface area contributed by atoms with Gasteiger partial charge in [0.05, 0.1) is 15.9 Å². The minimum Gasteiger partial charge on any atom is -0.455 e. The van der Waals surface area contributed by atoms with Gasteiger partial charge in [-0.2, -0.15) is 4.72 Å². The van der Waals surface area contributed by atoms with Gasteiger partial charge in [0.15, 0.2) is 6.61 Å². The molecule has 1 atom stereocenters. The number of benzene rings is 2. The second-order valence-electron chi connectivity index (χ2n) is 8.00. The van der Waals surface area contributed by atoms with E-state index >= 15 is 0 Å². The minimum absolute atomic E-state index is 0.171. The van der Waals surface area contributed by atoms with E-state index in [1.165, 1.54) is 22.6 Å². The fourth-order valence-corrected chi connectivity index (χ4v) is 4.76. The van der Waals surface area contributed by atoms with Gasteiger partial charge in [-0.15, -0.1) is 0 Å². The third-order valence-electron chi connectivity index (χ3n) is 5.41. The molecule has 0 bridgehead atoms. The average Bonchev–Trinajstić information content (AvgIpc) is 2.81. The number of carbonyl (C=O) groups is 2. The molecule has 0 saturated heterocycles. The fraction of sp³-hybridized carbons (Fsp3) is 0.364. The summed E-state index contributed by atoms with van der Waals surface area (Å²) in [5.41, 5.74) is 2.05. The topological polar surface area (TPSA) is 148 Å². The molecule has 0 fully saturated rings. The Bertz CT molecular complexity index is 1200. The van der Waals surface area contributed by atoms with Crippen LogP contribution in [0.4, 0.5) is 11.4 Å². The van der Waals surface area contributed by atoms with Crippen molar-refractivity contribution in [3.8, 4) is 0 Å². The minimum atomic E-state index is -4.22. The summed E-state index contributed by atoms with van der Waals surface area (Å²) in [6.45, 7) is -1.28. The van der Waals surface area contributed by atoms with E-state index in [1.807, 2.05) is 29.0 Å². The van der Waals surface area contributed by atoms with Gasteiger partial charge in [0.25, 0.3) is 11.6 Å². The van der Waals surface area contributed by atoms with Crippen molar-refractivity contribution in [3.05, 3.63) is 63.7 Å². The molecule has 3 rings (SSSR count). The molecule has 34 heavy (non-hydrogen) atoms. The van der Waals surface area contributed by atoms with Gasteiger partial charge in [-0.05, 0) is 42.5 Å². The Balaban J connectivity index is 1.53. The lowest BCUT2D eigenvalue weighted by Gasteiger charge is -2.26. The van der Waals surface area contributed by atoms with Crippen molar-refractivity contribution in [1.29, 1.82) is 0 Å². The van der Waals surface area contributed by atoms with E-state index in [4.69, 9.17) is 4.74 Å². The molecular formula is C22H26N4O7S. The molecule has 0 spiro atoms. The molecule has 2 N–H and O–H groups in total. The molecule has 0 heterocycles. The van der Waals surface area contributed by atoms with Crippen molar-refractivity contribution >= 4 is 33.3 Å². The number of anilines is 1. The number of nitro groups is 1. The fourth-order valence-electron chi connectivity index (χ4n) is 3.77. The van der Waals surface area contributed by atoms with E-state index < -0.39 is 45.7 Å². The number of hydrogen-bond donors (Lipinski definition) is 2. The van der Waals surface area contributed by atoms with Crippen LogP contribution in [0.3, 0.4) is 0 Å². The number of nitrogens with zero attached hydrogens (tertiary/aromatic N) is 2. The first-order valence-corrected chi connectivity index (χ1v) is 12.0. The zero-order valence-electron chi connectivity index (χ0n) is 18.8. The summed E-state index contributed by atoms with van der Waals surface area (Å²) in [4.78, 5) is 35.9. The van der Waals surface area contributed by atoms with Crippen LogP contribution in [0.25, 0.3) is 0 Å². The summed E-state index contributed by atoms with van der Waals surface area (Å²) in [5.74, 6) is -1.45. The number of fused-ring (bicyclic) bond motifs is 1. The zero-order chi connectivity index (χ0) is 24.9. The van der Waals surface area contributed by atoms with E-state index in [9.17, 15) is 28.1 Å². The number of hydrogen-bond acceptors (Lipinski definition) is 8. The van der Waals surface area contributed by atoms with Crippen LogP contribution < -0.4 is 14.9 Å². The summed E-state index contributed by atoms with van der Waals surface area (Å²) in [6, 6.07) is 11.1. The van der Waals surface area contributed by atoms with Crippen LogP contribution in [0.5, 0.6) is 0 Å². The van der Waals surface area contributed by atoms with Gasteiger partial charge >= 0.3 is 5.97 Å². The molecule has 1 aliphatic carbocycles. The Morgan fingerprint density at radius 3 is 2.65 bits per heavy atom. The van der Waals surface area contributed by atoms with Gasteiger partial charge < -0.3 is 15.0 Å². The number of esters is 1. The number of ether oxygens (including phenoxy) is 1. The van der Waals surface area contributed by atoms with Crippen molar-refractivity contribution in [1.82, 2.24) is 10.0 Å². The van der Waals surface area contributed by atoms with Crippen molar-refractivity contribution in [2.75, 3.05) is 32.1 Å². The Kier molecular flexibility index (Phi) is 7.84. The van der Waals surface area contributed by atoms with Crippen molar-refractivity contribution in [2.24, 2.45) is 0 Å². The Morgan fingerprint density at radius 2 is 1.94 bits per heavy atom. The Morgan fingerprint density at radius 1 is 1.21 bits per heavy atom. The molecule has 1 amide bonds. The lowest BCUT2D eigenvalue weighted by Crippen LogP contribution is -2.36. The standard InChI is InChI=1S/C22H26N4O7S/c1-25(2)19-11-10-16(12-20(19)26(29)30)34(31,32)23-13-22(28)33-14-21(27)24-18-9-5-7-15-6-3-4-8-17(15)18/h3-4,6,8,10-12,18,23H,5,7,9,13-14H2,1-2H3,(H,24,27)/t18-/m0/s1. The first-order valence-electron chi connectivity index (χ1n) is 10.6. The highest BCUT2D eigenvalue weighted by atomic mass is 32.2. The summed E-state index contributed by atoms with van der Waals surface area (Å²) < 4.78 is 31.9. The molecular weight excluding hydrogens is 464 g/mol. The van der Waals surface area contributed by atoms with Crippen LogP contribution >= 0.6 is 0 Å². The van der Waals surface area contributed by atoms with Crippen LogP contribution in [0.2, 0.25) is 0 Å². The van der Waals surface area contributed by atoms with Crippen LogP contribution in [0, 0.1) is 10.1 Å². The van der Waals surface area contributed by atoms with E-state index in [0.29, 0.717) is 0 Å². The maximum atomic E-state index is 12.5. The van der Waals surface area contributed by atoms with E-state index in [2.05, 4.69) is 5.32 Å². The van der Waals surface area contributed by atoms with Crippen LogP contribution in [-0.4, -0.2) is 52.5 Å². The largest absolute Gasteiger partial charge is 0.455 e. The maximum absolute atomic E-state index is 12.5. The number of sulfonamides is 1. The average molecular weight is 491 g/mol. The van der Waals surface area contributed by atoms with Gasteiger partial charge in [-0.1, -0.05) is 24.3 Å². The SMILES string of the molecule is CN(C)c1ccc(S(=O)(=O)NCC(=O)OCC(=O)N[C@H]2CCCc3ccccc32)cc1[N+](=O)[O-]. The number of carbonyl (C=O) groups excluding carboxylic acids is 2. The lowest BCUT2D eigenvalue weighted by atomic mass is 9.88. The first kappa shape index (κ1) is 25.1. The van der Waals surface area contributed by atoms with Crippen LogP contribution in [-0.2, 0) is 30.8 Å². The predicted molar refractivity (Wildman–Crippen MR) is 124 cm³/mol. The van der Waals surface area contributed by atoms with Crippen molar-refractivity contribution in [2.45, 2.75) is 30.2 Å². The number of aryl methyl sites for hydroxylation is 1. The van der Waals surface area contributed by atoms with E-state index in [-0.39, 0.29) is 16.6 Å². The van der Waals surface area contributed by atoms with Gasteiger partial charge in [0.2, 0.25) is 10.0 Å². The third-order valence-corrected chi connectivity index (χ3v) is 6.81. The maximum Gasteiger partial charge on any atom is 0.321 e. The Hall–Kier alpha value is -3.51. The van der Waals surface area contributed by atoms with Gasteiger partial charge in [-0.25, -0.2) is 8.42 Å². The van der Waals surface area contributed by atoms with Crippen molar-refractivity contribution < 1.29 is 27.7 Å². The highest BCUT2D eigenvalue weighted by Gasteiger charge is 2.24. The molecule has 1 aliphatic rings. The first-order chi connectivity index (χ1) is 16.1. The summed E-state index contributed by atoms with van der Waals surface area (Å²) in [7, 11) is -1.04. The number of nitrogens with one attached hydrogen (secondary N) is 2. The predicted octanol–water partition coefficient (Wildman–Crippen LogP) is 1.68. The molecule has 0 aromatic heterocycles.